The van der Waals surface area contributed by atoms with Crippen LogP contribution in [0.25, 0.3) is 0 Å². The predicted octanol–water partition coefficient (Wildman–Crippen LogP) is 2.16. The van der Waals surface area contributed by atoms with Gasteiger partial charge in [0, 0.05) is 19.7 Å². The summed E-state index contributed by atoms with van der Waals surface area (Å²) in [4.78, 5) is 21.7. The second-order valence-electron chi connectivity index (χ2n) is 5.65. The molecule has 0 aliphatic heterocycles. The van der Waals surface area contributed by atoms with Gasteiger partial charge >= 0.3 is 0 Å². The molecule has 0 spiro atoms. The third kappa shape index (κ3) is 3.70. The van der Waals surface area contributed by atoms with Gasteiger partial charge in [0.1, 0.15) is 0 Å². The zero-order chi connectivity index (χ0) is 18.1. The molecule has 24 heavy (non-hydrogen) atoms. The number of rotatable bonds is 5. The topological polar surface area (TPSA) is 92.3 Å². The Hall–Kier alpha value is -2.48. The van der Waals surface area contributed by atoms with E-state index in [0.717, 1.165) is 0 Å². The molecule has 8 heteroatoms. The third-order valence-electron chi connectivity index (χ3n) is 3.47. The molecule has 2 rings (SSSR count). The lowest BCUT2D eigenvalue weighted by atomic mass is 10.2. The first-order valence-electron chi connectivity index (χ1n) is 7.28. The molecule has 0 amide bonds. The fourth-order valence-electron chi connectivity index (χ4n) is 2.11. The van der Waals surface area contributed by atoms with Gasteiger partial charge in [-0.25, -0.2) is 18.4 Å². The first-order chi connectivity index (χ1) is 11.1. The minimum atomic E-state index is -3.79. The van der Waals surface area contributed by atoms with Crippen molar-refractivity contribution in [3.63, 3.8) is 0 Å². The highest BCUT2D eigenvalue weighted by Gasteiger charge is 2.19. The Balaban J connectivity index is 2.37. The van der Waals surface area contributed by atoms with Crippen LogP contribution in [0.1, 0.15) is 28.7 Å². The van der Waals surface area contributed by atoms with Gasteiger partial charge < -0.3 is 4.90 Å². The van der Waals surface area contributed by atoms with E-state index in [4.69, 9.17) is 0 Å². The normalized spacial score (nSPS) is 11.2. The van der Waals surface area contributed by atoms with Crippen LogP contribution in [0.4, 0.5) is 11.6 Å². The molecule has 2 aromatic rings. The van der Waals surface area contributed by atoms with Crippen LogP contribution in [-0.4, -0.2) is 38.3 Å². The average molecular weight is 348 g/mol. The number of anilines is 2. The van der Waals surface area contributed by atoms with E-state index in [1.54, 1.807) is 18.7 Å². The highest BCUT2D eigenvalue weighted by molar-refractivity contribution is 7.92. The molecule has 128 valence electrons. The number of ketones is 1. The Bertz CT molecular complexity index is 852. The smallest absolute Gasteiger partial charge is 0.262 e. The van der Waals surface area contributed by atoms with Crippen LogP contribution in [-0.2, 0) is 10.0 Å². The third-order valence-corrected chi connectivity index (χ3v) is 4.83. The van der Waals surface area contributed by atoms with Crippen molar-refractivity contribution in [3.8, 4) is 0 Å². The molecular weight excluding hydrogens is 328 g/mol. The molecule has 1 aromatic heterocycles. The molecule has 0 aliphatic rings. The molecule has 7 nitrogen and oxygen atoms in total. The number of nitrogens with one attached hydrogen (secondary N) is 1. The summed E-state index contributed by atoms with van der Waals surface area (Å²) >= 11 is 0. The fraction of sp³-hybridized carbons (Fsp3) is 0.312. The van der Waals surface area contributed by atoms with E-state index in [-0.39, 0.29) is 10.7 Å². The number of carbonyl (C=O) groups is 1. The highest BCUT2D eigenvalue weighted by atomic mass is 32.2. The molecule has 1 N–H and O–H groups in total. The van der Waals surface area contributed by atoms with Gasteiger partial charge in [0.25, 0.3) is 10.0 Å². The highest BCUT2D eigenvalue weighted by Crippen LogP contribution is 2.23. The molecule has 0 aliphatic carbocycles. The zero-order valence-corrected chi connectivity index (χ0v) is 15.1. The molecule has 0 fully saturated rings. The van der Waals surface area contributed by atoms with E-state index in [1.165, 1.54) is 31.2 Å². The van der Waals surface area contributed by atoms with Crippen LogP contribution < -0.4 is 9.62 Å². The van der Waals surface area contributed by atoms with E-state index in [2.05, 4.69) is 14.7 Å². The minimum Gasteiger partial charge on any atom is -0.347 e. The number of Topliss-reactive ketones (excluding diaryl/α,β-unsaturated/α-hetero) is 1. The summed E-state index contributed by atoms with van der Waals surface area (Å²) in [5.74, 6) is 0.394. The molecule has 0 saturated carbocycles. The standard InChI is InChI=1S/C16H20N4O3S/c1-10-15(11(2)18-16(17-10)20(4)5)19-24(22,23)14-8-6-13(7-9-14)12(3)21/h6-9,19H,1-5H3. The number of benzene rings is 1. The van der Waals surface area contributed by atoms with E-state index in [9.17, 15) is 13.2 Å². The fourth-order valence-corrected chi connectivity index (χ4v) is 3.28. The number of sulfonamides is 1. The summed E-state index contributed by atoms with van der Waals surface area (Å²) in [7, 11) is -0.161. The second-order valence-corrected chi connectivity index (χ2v) is 7.33. The molecule has 1 aromatic carbocycles. The van der Waals surface area contributed by atoms with Gasteiger partial charge in [-0.15, -0.1) is 0 Å². The van der Waals surface area contributed by atoms with E-state index >= 15 is 0 Å². The van der Waals surface area contributed by atoms with E-state index < -0.39 is 10.0 Å². The van der Waals surface area contributed by atoms with Crippen molar-refractivity contribution in [2.45, 2.75) is 25.7 Å². The SMILES string of the molecule is CC(=O)c1ccc(S(=O)(=O)Nc2c(C)nc(N(C)C)nc2C)cc1. The molecule has 0 unspecified atom stereocenters. The Morgan fingerprint density at radius 1 is 1.04 bits per heavy atom. The first kappa shape index (κ1) is 17.9. The molecular formula is C16H20N4O3S. The van der Waals surface area contributed by atoms with Crippen molar-refractivity contribution < 1.29 is 13.2 Å². The van der Waals surface area contributed by atoms with Gasteiger partial charge in [0.15, 0.2) is 5.78 Å². The summed E-state index contributed by atoms with van der Waals surface area (Å²) in [5.41, 5.74) is 1.89. The van der Waals surface area contributed by atoms with Crippen molar-refractivity contribution in [3.05, 3.63) is 41.2 Å². The van der Waals surface area contributed by atoms with Crippen LogP contribution in [0.3, 0.4) is 0 Å². The predicted molar refractivity (Wildman–Crippen MR) is 93.1 cm³/mol. The summed E-state index contributed by atoms with van der Waals surface area (Å²) in [6.45, 7) is 4.87. The Morgan fingerprint density at radius 2 is 1.54 bits per heavy atom. The molecule has 1 heterocycles. The van der Waals surface area contributed by atoms with E-state index in [1.807, 2.05) is 14.1 Å². The maximum atomic E-state index is 12.5. The summed E-state index contributed by atoms with van der Waals surface area (Å²) < 4.78 is 27.6. The number of aromatic nitrogens is 2. The van der Waals surface area contributed by atoms with Crippen LogP contribution in [0.5, 0.6) is 0 Å². The van der Waals surface area contributed by atoms with Gasteiger partial charge in [0.05, 0.1) is 22.0 Å². The Labute approximate surface area is 141 Å². The maximum absolute atomic E-state index is 12.5. The number of hydrogen-bond donors (Lipinski definition) is 1. The van der Waals surface area contributed by atoms with Gasteiger partial charge in [0.2, 0.25) is 5.95 Å². The lowest BCUT2D eigenvalue weighted by molar-refractivity contribution is 0.101. The summed E-state index contributed by atoms with van der Waals surface area (Å²) in [5, 5.41) is 0. The molecule has 0 bridgehead atoms. The molecule has 0 saturated heterocycles. The molecule has 0 atom stereocenters. The Kier molecular flexibility index (Phi) is 4.88. The van der Waals surface area contributed by atoms with Crippen molar-refractivity contribution in [2.75, 3.05) is 23.7 Å². The first-order valence-corrected chi connectivity index (χ1v) is 8.76. The van der Waals surface area contributed by atoms with Crippen LogP contribution in [0.2, 0.25) is 0 Å². The lowest BCUT2D eigenvalue weighted by Gasteiger charge is -2.16. The summed E-state index contributed by atoms with van der Waals surface area (Å²) in [6.07, 6.45) is 0. The van der Waals surface area contributed by atoms with Crippen molar-refractivity contribution >= 4 is 27.4 Å². The van der Waals surface area contributed by atoms with Crippen molar-refractivity contribution in [1.29, 1.82) is 0 Å². The average Bonchev–Trinajstić information content (AvgIpc) is 2.50. The summed E-state index contributed by atoms with van der Waals surface area (Å²) in [6, 6.07) is 5.78. The van der Waals surface area contributed by atoms with Gasteiger partial charge in [-0.05, 0) is 32.9 Å². The van der Waals surface area contributed by atoms with Gasteiger partial charge in [-0.1, -0.05) is 12.1 Å². The largest absolute Gasteiger partial charge is 0.347 e. The zero-order valence-electron chi connectivity index (χ0n) is 14.3. The van der Waals surface area contributed by atoms with Gasteiger partial charge in [-0.2, -0.15) is 0 Å². The van der Waals surface area contributed by atoms with E-state index in [0.29, 0.717) is 28.6 Å². The van der Waals surface area contributed by atoms with Gasteiger partial charge in [-0.3, -0.25) is 9.52 Å². The number of carbonyl (C=O) groups excluding carboxylic acids is 1. The number of nitrogens with zero attached hydrogens (tertiary/aromatic N) is 3. The minimum absolute atomic E-state index is 0.0722. The number of aryl methyl sites for hydroxylation is 2. The van der Waals surface area contributed by atoms with Crippen molar-refractivity contribution in [1.82, 2.24) is 9.97 Å². The quantitative estimate of drug-likeness (QED) is 0.833. The van der Waals surface area contributed by atoms with Crippen LogP contribution >= 0.6 is 0 Å². The van der Waals surface area contributed by atoms with Crippen LogP contribution in [0, 0.1) is 13.8 Å². The van der Waals surface area contributed by atoms with Crippen LogP contribution in [0.15, 0.2) is 29.2 Å². The Morgan fingerprint density at radius 3 is 1.96 bits per heavy atom. The van der Waals surface area contributed by atoms with Crippen molar-refractivity contribution in [2.24, 2.45) is 0 Å². The monoisotopic (exact) mass is 348 g/mol. The number of hydrogen-bond acceptors (Lipinski definition) is 6. The molecule has 0 radical (unpaired) electrons. The lowest BCUT2D eigenvalue weighted by Crippen LogP contribution is -2.19. The second kappa shape index (κ2) is 6.56. The maximum Gasteiger partial charge on any atom is 0.262 e.